The lowest BCUT2D eigenvalue weighted by Gasteiger charge is -2.31. The van der Waals surface area contributed by atoms with Crippen molar-refractivity contribution in [2.45, 2.75) is 36.8 Å². The quantitative estimate of drug-likeness (QED) is 0.721. The van der Waals surface area contributed by atoms with Gasteiger partial charge in [-0.2, -0.15) is 4.31 Å². The molecule has 0 bridgehead atoms. The summed E-state index contributed by atoms with van der Waals surface area (Å²) in [5.41, 5.74) is 0. The van der Waals surface area contributed by atoms with Gasteiger partial charge in [-0.25, -0.2) is 16.8 Å². The molecule has 0 saturated carbocycles. The van der Waals surface area contributed by atoms with E-state index >= 15 is 0 Å². The summed E-state index contributed by atoms with van der Waals surface area (Å²) in [5, 5.41) is -0.184. The standard InChI is InChI=1S/C16H24ClNO5S2/c1-12(2)11-24(19,20)14-6-8-18(9-7-14)25(21,22)16-10-13(17)4-5-15(16)23-3/h4-5,10,12,14H,6-9,11H2,1-3H3. The van der Waals surface area contributed by atoms with Crippen LogP contribution in [-0.4, -0.2) is 52.3 Å². The molecule has 0 radical (unpaired) electrons. The van der Waals surface area contributed by atoms with Crippen molar-refractivity contribution in [2.75, 3.05) is 26.0 Å². The molecule has 1 aromatic carbocycles. The first-order valence-corrected chi connectivity index (χ1v) is 11.7. The van der Waals surface area contributed by atoms with Crippen molar-refractivity contribution >= 4 is 31.5 Å². The van der Waals surface area contributed by atoms with Gasteiger partial charge >= 0.3 is 0 Å². The molecule has 6 nitrogen and oxygen atoms in total. The molecule has 1 aromatic rings. The largest absolute Gasteiger partial charge is 0.495 e. The van der Waals surface area contributed by atoms with Crippen LogP contribution in [0.25, 0.3) is 0 Å². The fraction of sp³-hybridized carbons (Fsp3) is 0.625. The van der Waals surface area contributed by atoms with Crippen LogP contribution in [0.5, 0.6) is 5.75 Å². The van der Waals surface area contributed by atoms with E-state index in [0.29, 0.717) is 17.9 Å². The van der Waals surface area contributed by atoms with Gasteiger partial charge in [0.25, 0.3) is 0 Å². The van der Waals surface area contributed by atoms with Crippen LogP contribution in [0.2, 0.25) is 5.02 Å². The third-order valence-corrected chi connectivity index (χ3v) is 8.99. The average Bonchev–Trinajstić information content (AvgIpc) is 2.53. The molecule has 1 aliphatic heterocycles. The Hall–Kier alpha value is -0.830. The molecule has 142 valence electrons. The Morgan fingerprint density at radius 2 is 1.80 bits per heavy atom. The maximum absolute atomic E-state index is 12.9. The Morgan fingerprint density at radius 1 is 1.20 bits per heavy atom. The van der Waals surface area contributed by atoms with E-state index in [0.717, 1.165) is 0 Å². The van der Waals surface area contributed by atoms with E-state index in [-0.39, 0.29) is 35.4 Å². The van der Waals surface area contributed by atoms with Crippen molar-refractivity contribution in [3.05, 3.63) is 23.2 Å². The molecule has 1 heterocycles. The van der Waals surface area contributed by atoms with Crippen molar-refractivity contribution in [1.29, 1.82) is 0 Å². The molecule has 1 fully saturated rings. The van der Waals surface area contributed by atoms with Crippen LogP contribution >= 0.6 is 11.6 Å². The predicted molar refractivity (Wildman–Crippen MR) is 98.4 cm³/mol. The second-order valence-electron chi connectivity index (χ2n) is 6.62. The van der Waals surface area contributed by atoms with Crippen molar-refractivity contribution in [2.24, 2.45) is 5.92 Å². The van der Waals surface area contributed by atoms with Crippen LogP contribution in [0.4, 0.5) is 0 Å². The number of methoxy groups -OCH3 is 1. The minimum Gasteiger partial charge on any atom is -0.495 e. The molecular weight excluding hydrogens is 386 g/mol. The van der Waals surface area contributed by atoms with E-state index in [1.165, 1.54) is 23.5 Å². The normalized spacial score (nSPS) is 17.8. The molecule has 0 unspecified atom stereocenters. The number of hydrogen-bond acceptors (Lipinski definition) is 5. The van der Waals surface area contributed by atoms with Gasteiger partial charge in [0.15, 0.2) is 9.84 Å². The minimum atomic E-state index is -3.79. The number of halogens is 1. The molecule has 0 aliphatic carbocycles. The molecule has 0 amide bonds. The van der Waals surface area contributed by atoms with Crippen LogP contribution in [0.3, 0.4) is 0 Å². The number of rotatable bonds is 6. The van der Waals surface area contributed by atoms with Crippen LogP contribution in [0.1, 0.15) is 26.7 Å². The first kappa shape index (κ1) is 20.5. The lowest BCUT2D eigenvalue weighted by molar-refractivity contribution is 0.341. The van der Waals surface area contributed by atoms with E-state index < -0.39 is 25.1 Å². The fourth-order valence-corrected chi connectivity index (χ4v) is 7.04. The Kier molecular flexibility index (Phi) is 6.40. The van der Waals surface area contributed by atoms with E-state index in [4.69, 9.17) is 16.3 Å². The first-order chi connectivity index (χ1) is 11.6. The summed E-state index contributed by atoms with van der Waals surface area (Å²) in [6.07, 6.45) is 0.605. The number of piperidine rings is 1. The molecule has 1 aliphatic rings. The summed E-state index contributed by atoms with van der Waals surface area (Å²) in [6.45, 7) is 4.06. The average molecular weight is 410 g/mol. The van der Waals surface area contributed by atoms with Crippen LogP contribution < -0.4 is 4.74 Å². The van der Waals surface area contributed by atoms with Crippen molar-refractivity contribution in [3.8, 4) is 5.75 Å². The monoisotopic (exact) mass is 409 g/mol. The maximum atomic E-state index is 12.9. The van der Waals surface area contributed by atoms with E-state index in [9.17, 15) is 16.8 Å². The zero-order chi connectivity index (χ0) is 18.8. The summed E-state index contributed by atoms with van der Waals surface area (Å²) < 4.78 is 57.0. The second kappa shape index (κ2) is 7.82. The van der Waals surface area contributed by atoms with Crippen LogP contribution in [0.15, 0.2) is 23.1 Å². The number of nitrogens with zero attached hydrogens (tertiary/aromatic N) is 1. The van der Waals surface area contributed by atoms with Crippen LogP contribution in [0, 0.1) is 5.92 Å². The van der Waals surface area contributed by atoms with E-state index in [1.807, 2.05) is 13.8 Å². The van der Waals surface area contributed by atoms with Crippen molar-refractivity contribution < 1.29 is 21.6 Å². The van der Waals surface area contributed by atoms with Gasteiger partial charge in [-0.05, 0) is 37.0 Å². The lowest BCUT2D eigenvalue weighted by atomic mass is 10.2. The Bertz CT molecular complexity index is 813. The number of sulfone groups is 1. The van der Waals surface area contributed by atoms with Gasteiger partial charge in [-0.1, -0.05) is 25.4 Å². The summed E-state index contributed by atoms with van der Waals surface area (Å²) in [6, 6.07) is 4.43. The van der Waals surface area contributed by atoms with Gasteiger partial charge in [0.1, 0.15) is 10.6 Å². The molecule has 0 atom stereocenters. The summed E-state index contributed by atoms with van der Waals surface area (Å²) >= 11 is 5.93. The SMILES string of the molecule is COc1ccc(Cl)cc1S(=O)(=O)N1CCC(S(=O)(=O)CC(C)C)CC1. The highest BCUT2D eigenvalue weighted by atomic mass is 35.5. The molecule has 0 aromatic heterocycles. The summed E-state index contributed by atoms with van der Waals surface area (Å²) in [5.74, 6) is 0.411. The number of sulfonamides is 1. The highest BCUT2D eigenvalue weighted by Gasteiger charge is 2.36. The lowest BCUT2D eigenvalue weighted by Crippen LogP contribution is -2.43. The molecule has 25 heavy (non-hydrogen) atoms. The highest BCUT2D eigenvalue weighted by molar-refractivity contribution is 7.92. The van der Waals surface area contributed by atoms with E-state index in [1.54, 1.807) is 6.07 Å². The molecule has 1 saturated heterocycles. The zero-order valence-corrected chi connectivity index (χ0v) is 17.0. The third kappa shape index (κ3) is 4.67. The summed E-state index contributed by atoms with van der Waals surface area (Å²) in [4.78, 5) is 0.00554. The number of ether oxygens (including phenoxy) is 1. The zero-order valence-electron chi connectivity index (χ0n) is 14.6. The van der Waals surface area contributed by atoms with Gasteiger partial charge < -0.3 is 4.74 Å². The molecule has 0 spiro atoms. The first-order valence-electron chi connectivity index (χ1n) is 8.13. The summed E-state index contributed by atoms with van der Waals surface area (Å²) in [7, 11) is -5.60. The Morgan fingerprint density at radius 3 is 2.32 bits per heavy atom. The van der Waals surface area contributed by atoms with Crippen molar-refractivity contribution in [3.63, 3.8) is 0 Å². The minimum absolute atomic E-state index is 0.00554. The van der Waals surface area contributed by atoms with E-state index in [2.05, 4.69) is 0 Å². The Labute approximate surface area is 155 Å². The van der Waals surface area contributed by atoms with Gasteiger partial charge in [-0.15, -0.1) is 0 Å². The van der Waals surface area contributed by atoms with Gasteiger partial charge in [0.05, 0.1) is 18.1 Å². The Balaban J connectivity index is 2.19. The van der Waals surface area contributed by atoms with Gasteiger partial charge in [0.2, 0.25) is 10.0 Å². The second-order valence-corrected chi connectivity index (χ2v) is 11.3. The molecule has 0 N–H and O–H groups in total. The smallest absolute Gasteiger partial charge is 0.246 e. The predicted octanol–water partition coefficient (Wildman–Crippen LogP) is 2.57. The number of hydrogen-bond donors (Lipinski definition) is 0. The van der Waals surface area contributed by atoms with Gasteiger partial charge in [0, 0.05) is 18.1 Å². The van der Waals surface area contributed by atoms with Gasteiger partial charge in [-0.3, -0.25) is 0 Å². The molecule has 9 heteroatoms. The molecular formula is C16H24ClNO5S2. The number of benzene rings is 1. The highest BCUT2D eigenvalue weighted by Crippen LogP contribution is 2.32. The van der Waals surface area contributed by atoms with Crippen LogP contribution in [-0.2, 0) is 19.9 Å². The maximum Gasteiger partial charge on any atom is 0.246 e. The molecule has 2 rings (SSSR count). The third-order valence-electron chi connectivity index (χ3n) is 4.22. The topological polar surface area (TPSA) is 80.8 Å². The van der Waals surface area contributed by atoms with Crippen molar-refractivity contribution in [1.82, 2.24) is 4.31 Å². The fourth-order valence-electron chi connectivity index (χ4n) is 3.02.